The monoisotopic (exact) mass is 289 g/mol. The average molecular weight is 289 g/mol. The molecular weight excluding hydrogens is 258 g/mol. The Bertz CT molecular complexity index is 426. The number of aliphatic hydroxyl groups excluding tert-OH is 1. The molecule has 1 N–H and O–H groups in total. The molecule has 3 unspecified atom stereocenters. The van der Waals surface area contributed by atoms with Crippen LogP contribution in [-0.2, 0) is 6.42 Å². The van der Waals surface area contributed by atoms with E-state index in [1.54, 1.807) is 0 Å². The van der Waals surface area contributed by atoms with Crippen molar-refractivity contribution in [2.75, 3.05) is 13.1 Å². The summed E-state index contributed by atoms with van der Waals surface area (Å²) in [5.41, 5.74) is 2.41. The van der Waals surface area contributed by atoms with E-state index in [1.165, 1.54) is 18.4 Å². The molecule has 1 aromatic rings. The van der Waals surface area contributed by atoms with Crippen LogP contribution in [0.1, 0.15) is 57.8 Å². The molecule has 1 heterocycles. The van der Waals surface area contributed by atoms with Gasteiger partial charge in [0.2, 0.25) is 0 Å². The van der Waals surface area contributed by atoms with E-state index in [0.717, 1.165) is 31.0 Å². The molecule has 0 aliphatic carbocycles. The zero-order chi connectivity index (χ0) is 15.4. The molecule has 21 heavy (non-hydrogen) atoms. The van der Waals surface area contributed by atoms with Gasteiger partial charge in [0.15, 0.2) is 0 Å². The van der Waals surface area contributed by atoms with E-state index in [1.807, 2.05) is 0 Å². The Morgan fingerprint density at radius 3 is 2.43 bits per heavy atom. The van der Waals surface area contributed by atoms with Crippen molar-refractivity contribution < 1.29 is 5.11 Å². The summed E-state index contributed by atoms with van der Waals surface area (Å²) in [4.78, 5) is 2.44. The molecule has 1 aliphatic heterocycles. The quantitative estimate of drug-likeness (QED) is 0.884. The highest BCUT2D eigenvalue weighted by atomic mass is 16.3. The van der Waals surface area contributed by atoms with E-state index >= 15 is 0 Å². The zero-order valence-electron chi connectivity index (χ0n) is 14.0. The Morgan fingerprint density at radius 2 is 1.86 bits per heavy atom. The van der Waals surface area contributed by atoms with Crippen molar-refractivity contribution in [2.24, 2.45) is 11.8 Å². The SMILES string of the molecule is CC(C)Cc1ccc(C(O)CN2CCC(C)CC2C)cc1. The lowest BCUT2D eigenvalue weighted by atomic mass is 9.92. The van der Waals surface area contributed by atoms with Crippen LogP contribution in [0, 0.1) is 11.8 Å². The van der Waals surface area contributed by atoms with Crippen molar-refractivity contribution in [3.63, 3.8) is 0 Å². The highest BCUT2D eigenvalue weighted by molar-refractivity contribution is 5.24. The van der Waals surface area contributed by atoms with Gasteiger partial charge in [0, 0.05) is 12.6 Å². The van der Waals surface area contributed by atoms with Crippen LogP contribution >= 0.6 is 0 Å². The lowest BCUT2D eigenvalue weighted by Crippen LogP contribution is -2.42. The third-order valence-electron chi connectivity index (χ3n) is 4.69. The Kier molecular flexibility index (Phi) is 5.83. The van der Waals surface area contributed by atoms with E-state index in [9.17, 15) is 5.11 Å². The Hall–Kier alpha value is -0.860. The summed E-state index contributed by atoms with van der Waals surface area (Å²) in [5, 5.41) is 10.5. The first-order chi connectivity index (χ1) is 9.95. The molecule has 2 heteroatoms. The molecule has 2 rings (SSSR count). The summed E-state index contributed by atoms with van der Waals surface area (Å²) in [6, 6.07) is 9.11. The molecule has 3 atom stereocenters. The van der Waals surface area contributed by atoms with Gasteiger partial charge >= 0.3 is 0 Å². The lowest BCUT2D eigenvalue weighted by molar-refractivity contribution is 0.0601. The van der Waals surface area contributed by atoms with Gasteiger partial charge in [-0.15, -0.1) is 0 Å². The normalized spacial score (nSPS) is 25.2. The summed E-state index contributed by atoms with van der Waals surface area (Å²) < 4.78 is 0. The van der Waals surface area contributed by atoms with Gasteiger partial charge in [-0.25, -0.2) is 0 Å². The fourth-order valence-electron chi connectivity index (χ4n) is 3.40. The maximum atomic E-state index is 10.5. The van der Waals surface area contributed by atoms with Crippen molar-refractivity contribution in [1.82, 2.24) is 4.90 Å². The molecule has 1 aliphatic rings. The van der Waals surface area contributed by atoms with Crippen LogP contribution < -0.4 is 0 Å². The minimum absolute atomic E-state index is 0.367. The molecule has 0 amide bonds. The zero-order valence-corrected chi connectivity index (χ0v) is 14.0. The Labute approximate surface area is 130 Å². The van der Waals surface area contributed by atoms with Crippen LogP contribution in [0.25, 0.3) is 0 Å². The topological polar surface area (TPSA) is 23.5 Å². The number of benzene rings is 1. The number of nitrogens with zero attached hydrogens (tertiary/aromatic N) is 1. The van der Waals surface area contributed by atoms with Crippen LogP contribution in [0.5, 0.6) is 0 Å². The second kappa shape index (κ2) is 7.42. The second-order valence-electron chi connectivity index (χ2n) is 7.33. The van der Waals surface area contributed by atoms with Gasteiger partial charge in [-0.05, 0) is 55.7 Å². The molecule has 1 fully saturated rings. The summed E-state index contributed by atoms with van der Waals surface area (Å²) in [6.07, 6.45) is 3.25. The van der Waals surface area contributed by atoms with Gasteiger partial charge in [-0.2, -0.15) is 0 Å². The van der Waals surface area contributed by atoms with E-state index in [2.05, 4.69) is 56.9 Å². The van der Waals surface area contributed by atoms with Crippen molar-refractivity contribution >= 4 is 0 Å². The number of rotatable bonds is 5. The van der Waals surface area contributed by atoms with Gasteiger partial charge in [-0.1, -0.05) is 45.0 Å². The fraction of sp³-hybridized carbons (Fsp3) is 0.684. The maximum Gasteiger partial charge on any atom is 0.0917 e. The molecule has 0 aromatic heterocycles. The number of β-amino-alcohol motifs (C(OH)–C–C–N with tert-alkyl or cyclic N) is 1. The van der Waals surface area contributed by atoms with Crippen molar-refractivity contribution in [3.05, 3.63) is 35.4 Å². The minimum atomic E-state index is -0.367. The van der Waals surface area contributed by atoms with Crippen LogP contribution in [0.2, 0.25) is 0 Å². The number of hydrogen-bond donors (Lipinski definition) is 1. The average Bonchev–Trinajstić information content (AvgIpc) is 2.42. The van der Waals surface area contributed by atoms with Crippen LogP contribution in [0.4, 0.5) is 0 Å². The predicted molar refractivity (Wildman–Crippen MR) is 89.4 cm³/mol. The molecule has 0 radical (unpaired) electrons. The number of aliphatic hydroxyl groups is 1. The molecule has 1 aromatic carbocycles. The van der Waals surface area contributed by atoms with Gasteiger partial charge in [0.1, 0.15) is 0 Å². The van der Waals surface area contributed by atoms with Crippen LogP contribution in [-0.4, -0.2) is 29.1 Å². The summed E-state index contributed by atoms with van der Waals surface area (Å²) in [7, 11) is 0. The highest BCUT2D eigenvalue weighted by Crippen LogP contribution is 2.25. The van der Waals surface area contributed by atoms with E-state index in [4.69, 9.17) is 0 Å². The summed E-state index contributed by atoms with van der Waals surface area (Å²) in [5.74, 6) is 1.50. The van der Waals surface area contributed by atoms with Crippen molar-refractivity contribution in [3.8, 4) is 0 Å². The third-order valence-corrected chi connectivity index (χ3v) is 4.69. The molecule has 0 saturated carbocycles. The van der Waals surface area contributed by atoms with E-state index < -0.39 is 0 Å². The van der Waals surface area contributed by atoms with Crippen LogP contribution in [0.3, 0.4) is 0 Å². The maximum absolute atomic E-state index is 10.5. The van der Waals surface area contributed by atoms with E-state index in [-0.39, 0.29) is 6.10 Å². The molecule has 1 saturated heterocycles. The molecular formula is C19H31NO. The fourth-order valence-corrected chi connectivity index (χ4v) is 3.40. The number of likely N-dealkylation sites (tertiary alicyclic amines) is 1. The van der Waals surface area contributed by atoms with E-state index in [0.29, 0.717) is 12.0 Å². The Balaban J connectivity index is 1.92. The first-order valence-electron chi connectivity index (χ1n) is 8.46. The first kappa shape index (κ1) is 16.5. The second-order valence-corrected chi connectivity index (χ2v) is 7.33. The van der Waals surface area contributed by atoms with Gasteiger partial charge < -0.3 is 5.11 Å². The molecule has 2 nitrogen and oxygen atoms in total. The van der Waals surface area contributed by atoms with Crippen molar-refractivity contribution in [2.45, 2.75) is 59.1 Å². The largest absolute Gasteiger partial charge is 0.387 e. The van der Waals surface area contributed by atoms with Crippen LogP contribution in [0.15, 0.2) is 24.3 Å². The lowest BCUT2D eigenvalue weighted by Gasteiger charge is -2.37. The number of hydrogen-bond acceptors (Lipinski definition) is 2. The van der Waals surface area contributed by atoms with Gasteiger partial charge in [0.05, 0.1) is 6.10 Å². The van der Waals surface area contributed by atoms with Gasteiger partial charge in [0.25, 0.3) is 0 Å². The minimum Gasteiger partial charge on any atom is -0.387 e. The highest BCUT2D eigenvalue weighted by Gasteiger charge is 2.24. The summed E-state index contributed by atoms with van der Waals surface area (Å²) in [6.45, 7) is 11.0. The van der Waals surface area contributed by atoms with Gasteiger partial charge in [-0.3, -0.25) is 4.90 Å². The molecule has 0 spiro atoms. The summed E-state index contributed by atoms with van der Waals surface area (Å²) >= 11 is 0. The number of piperidine rings is 1. The Morgan fingerprint density at radius 1 is 1.19 bits per heavy atom. The third kappa shape index (κ3) is 4.82. The molecule has 0 bridgehead atoms. The van der Waals surface area contributed by atoms with Crippen molar-refractivity contribution in [1.29, 1.82) is 0 Å². The molecule has 118 valence electrons. The predicted octanol–water partition coefficient (Wildman–Crippen LogP) is 4.04. The standard InChI is InChI=1S/C19H31NO/c1-14(2)11-17-5-7-18(8-6-17)19(21)13-20-10-9-15(3)12-16(20)4/h5-8,14-16,19,21H,9-13H2,1-4H3. The first-order valence-corrected chi connectivity index (χ1v) is 8.46. The smallest absolute Gasteiger partial charge is 0.0917 e.